The Hall–Kier alpha value is -0.900. The fourth-order valence-electron chi connectivity index (χ4n) is 5.38. The van der Waals surface area contributed by atoms with Gasteiger partial charge in [-0.2, -0.15) is 0 Å². The van der Waals surface area contributed by atoms with Gasteiger partial charge in [-0.1, -0.05) is 65.2 Å². The Kier molecular flexibility index (Phi) is 9.82. The number of carbonyl (C=O) groups is 1. The van der Waals surface area contributed by atoms with Crippen molar-refractivity contribution in [3.05, 3.63) is 0 Å². The highest BCUT2D eigenvalue weighted by Crippen LogP contribution is 2.43. The SMILES string of the molecule is CCCCNS(=O)(=O)CC(O)(CCCC)[C@@H]1OC(C)(C)N(C(=O)O)[C@H]1CC1CCCCC1. The van der Waals surface area contributed by atoms with E-state index in [0.717, 1.165) is 44.9 Å². The monoisotopic (exact) mass is 476 g/mol. The van der Waals surface area contributed by atoms with Gasteiger partial charge >= 0.3 is 6.09 Å². The van der Waals surface area contributed by atoms with Crippen LogP contribution in [0.4, 0.5) is 4.79 Å². The minimum Gasteiger partial charge on any atom is -0.465 e. The third kappa shape index (κ3) is 7.05. The molecule has 1 unspecified atom stereocenters. The van der Waals surface area contributed by atoms with E-state index < -0.39 is 45.3 Å². The summed E-state index contributed by atoms with van der Waals surface area (Å²) in [5.41, 5.74) is -2.82. The zero-order valence-corrected chi connectivity index (χ0v) is 21.1. The molecule has 0 aromatic rings. The standard InChI is InChI=1S/C23H44N2O6S/c1-5-7-14-23(28,17-32(29,30)24-15-8-6-2)20-19(16-18-12-10-9-11-13-18)25(21(26)27)22(3,4)31-20/h18-20,24,28H,5-17H2,1-4H3,(H,26,27)/t19-,20+,23?/m0/s1. The number of sulfonamides is 1. The van der Waals surface area contributed by atoms with Crippen LogP contribution >= 0.6 is 0 Å². The van der Waals surface area contributed by atoms with Gasteiger partial charge in [0.25, 0.3) is 0 Å². The van der Waals surface area contributed by atoms with E-state index in [4.69, 9.17) is 4.74 Å². The molecule has 1 aliphatic carbocycles. The third-order valence-corrected chi connectivity index (χ3v) is 8.49. The van der Waals surface area contributed by atoms with Crippen LogP contribution in [0.25, 0.3) is 0 Å². The minimum atomic E-state index is -3.76. The molecule has 32 heavy (non-hydrogen) atoms. The summed E-state index contributed by atoms with van der Waals surface area (Å²) in [6, 6.07) is -0.585. The Morgan fingerprint density at radius 3 is 2.34 bits per heavy atom. The van der Waals surface area contributed by atoms with Crippen LogP contribution in [-0.4, -0.2) is 65.4 Å². The first kappa shape index (κ1) is 27.3. The lowest BCUT2D eigenvalue weighted by atomic mass is 9.79. The molecule has 0 spiro atoms. The van der Waals surface area contributed by atoms with Gasteiger partial charge in [-0.05, 0) is 39.0 Å². The summed E-state index contributed by atoms with van der Waals surface area (Å²) in [5, 5.41) is 21.8. The summed E-state index contributed by atoms with van der Waals surface area (Å²) in [5.74, 6) is -0.135. The average molecular weight is 477 g/mol. The molecule has 1 amide bonds. The lowest BCUT2D eigenvalue weighted by Crippen LogP contribution is -2.56. The van der Waals surface area contributed by atoms with E-state index in [0.29, 0.717) is 25.3 Å². The van der Waals surface area contributed by atoms with E-state index in [1.54, 1.807) is 13.8 Å². The molecular weight excluding hydrogens is 432 g/mol. The van der Waals surface area contributed by atoms with Gasteiger partial charge < -0.3 is 14.9 Å². The number of nitrogens with zero attached hydrogens (tertiary/aromatic N) is 1. The second-order valence-electron chi connectivity index (χ2n) is 10.2. The molecule has 0 radical (unpaired) electrons. The first-order valence-corrected chi connectivity index (χ1v) is 14.0. The van der Waals surface area contributed by atoms with Gasteiger partial charge in [-0.3, -0.25) is 4.90 Å². The van der Waals surface area contributed by atoms with Crippen molar-refractivity contribution < 1.29 is 28.2 Å². The number of amides is 1. The Labute approximate surface area is 194 Å². The van der Waals surface area contributed by atoms with Crippen LogP contribution in [0.5, 0.6) is 0 Å². The zero-order valence-electron chi connectivity index (χ0n) is 20.3. The summed E-state index contributed by atoms with van der Waals surface area (Å²) in [6.45, 7) is 7.66. The van der Waals surface area contributed by atoms with Gasteiger partial charge in [-0.15, -0.1) is 0 Å². The van der Waals surface area contributed by atoms with E-state index in [9.17, 15) is 23.4 Å². The maximum Gasteiger partial charge on any atom is 0.409 e. The molecule has 8 nitrogen and oxygen atoms in total. The molecule has 2 aliphatic rings. The Balaban J connectivity index is 2.37. The van der Waals surface area contributed by atoms with Crippen molar-refractivity contribution in [3.8, 4) is 0 Å². The number of rotatable bonds is 12. The van der Waals surface area contributed by atoms with E-state index in [-0.39, 0.29) is 6.42 Å². The van der Waals surface area contributed by atoms with E-state index in [1.165, 1.54) is 11.3 Å². The van der Waals surface area contributed by atoms with E-state index in [1.807, 2.05) is 13.8 Å². The number of aliphatic hydroxyl groups is 1. The molecule has 1 saturated carbocycles. The van der Waals surface area contributed by atoms with Crippen molar-refractivity contribution in [2.24, 2.45) is 5.92 Å². The van der Waals surface area contributed by atoms with Crippen molar-refractivity contribution in [1.29, 1.82) is 0 Å². The predicted molar refractivity (Wildman–Crippen MR) is 125 cm³/mol. The van der Waals surface area contributed by atoms with Crippen molar-refractivity contribution in [1.82, 2.24) is 9.62 Å². The van der Waals surface area contributed by atoms with Crippen molar-refractivity contribution in [2.45, 2.75) is 122 Å². The second-order valence-corrected chi connectivity index (χ2v) is 12.0. The number of hydrogen-bond donors (Lipinski definition) is 3. The van der Waals surface area contributed by atoms with Crippen LogP contribution in [0.2, 0.25) is 0 Å². The molecule has 1 heterocycles. The fourth-order valence-corrected chi connectivity index (χ4v) is 6.90. The van der Waals surface area contributed by atoms with Crippen LogP contribution in [-0.2, 0) is 14.8 Å². The molecule has 2 rings (SSSR count). The fraction of sp³-hybridized carbons (Fsp3) is 0.957. The second kappa shape index (κ2) is 11.5. The molecule has 3 N–H and O–H groups in total. The minimum absolute atomic E-state index is 0.244. The number of unbranched alkanes of at least 4 members (excludes halogenated alkanes) is 2. The largest absolute Gasteiger partial charge is 0.465 e. The Bertz CT molecular complexity index is 707. The molecule has 9 heteroatoms. The topological polar surface area (TPSA) is 116 Å². The molecule has 1 saturated heterocycles. The Morgan fingerprint density at radius 1 is 1.16 bits per heavy atom. The molecule has 0 bridgehead atoms. The van der Waals surface area contributed by atoms with E-state index in [2.05, 4.69) is 4.72 Å². The highest BCUT2D eigenvalue weighted by Gasteiger charge is 2.58. The van der Waals surface area contributed by atoms with Gasteiger partial charge in [0.15, 0.2) is 0 Å². The number of carboxylic acid groups (broad SMARTS) is 1. The highest BCUT2D eigenvalue weighted by atomic mass is 32.2. The van der Waals surface area contributed by atoms with Gasteiger partial charge in [0.05, 0.1) is 11.8 Å². The molecule has 2 fully saturated rings. The number of ether oxygens (including phenoxy) is 1. The first-order valence-electron chi connectivity index (χ1n) is 12.4. The van der Waals surface area contributed by atoms with Crippen LogP contribution in [0, 0.1) is 5.92 Å². The van der Waals surface area contributed by atoms with Crippen molar-refractivity contribution in [2.75, 3.05) is 12.3 Å². The summed E-state index contributed by atoms with van der Waals surface area (Å²) in [7, 11) is -3.76. The quantitative estimate of drug-likeness (QED) is 0.366. The molecule has 188 valence electrons. The lowest BCUT2D eigenvalue weighted by molar-refractivity contribution is -0.134. The molecule has 1 aliphatic heterocycles. The zero-order chi connectivity index (χ0) is 24.0. The summed E-state index contributed by atoms with van der Waals surface area (Å²) in [4.78, 5) is 13.6. The highest BCUT2D eigenvalue weighted by molar-refractivity contribution is 7.89. The lowest BCUT2D eigenvalue weighted by Gasteiger charge is -2.38. The van der Waals surface area contributed by atoms with Gasteiger partial charge in [0.2, 0.25) is 10.0 Å². The van der Waals surface area contributed by atoms with Gasteiger partial charge in [0.1, 0.15) is 17.4 Å². The van der Waals surface area contributed by atoms with Gasteiger partial charge in [-0.25, -0.2) is 17.9 Å². The summed E-state index contributed by atoms with van der Waals surface area (Å²) in [6.07, 6.45) is 7.32. The molecule has 0 aromatic carbocycles. The van der Waals surface area contributed by atoms with Crippen molar-refractivity contribution in [3.63, 3.8) is 0 Å². The number of hydrogen-bond acceptors (Lipinski definition) is 5. The van der Waals surface area contributed by atoms with E-state index >= 15 is 0 Å². The molecular formula is C23H44N2O6S. The average Bonchev–Trinajstić information content (AvgIpc) is 2.98. The smallest absolute Gasteiger partial charge is 0.409 e. The Morgan fingerprint density at radius 2 is 1.78 bits per heavy atom. The van der Waals surface area contributed by atoms with Gasteiger partial charge in [0, 0.05) is 6.54 Å². The van der Waals surface area contributed by atoms with Crippen LogP contribution in [0.1, 0.15) is 98.3 Å². The van der Waals surface area contributed by atoms with Crippen LogP contribution in [0.3, 0.4) is 0 Å². The molecule has 3 atom stereocenters. The van der Waals surface area contributed by atoms with Crippen molar-refractivity contribution >= 4 is 16.1 Å². The normalized spacial score (nSPS) is 26.2. The van der Waals surface area contributed by atoms with Crippen LogP contribution < -0.4 is 4.72 Å². The first-order chi connectivity index (χ1) is 15.0. The maximum absolute atomic E-state index is 12.9. The molecule has 0 aromatic heterocycles. The predicted octanol–water partition coefficient (Wildman–Crippen LogP) is 4.08. The third-order valence-electron chi connectivity index (χ3n) is 6.97. The summed E-state index contributed by atoms with van der Waals surface area (Å²) >= 11 is 0. The number of nitrogens with one attached hydrogen (secondary N) is 1. The van der Waals surface area contributed by atoms with Crippen LogP contribution in [0.15, 0.2) is 0 Å². The summed E-state index contributed by atoms with van der Waals surface area (Å²) < 4.78 is 34.5. The maximum atomic E-state index is 12.9.